The number of phenolic OH excluding ortho intramolecular Hbond substituents is 1. The normalized spacial score (nSPS) is 12.9. The molecule has 0 aliphatic carbocycles. The van der Waals surface area contributed by atoms with Crippen LogP contribution < -0.4 is 10.1 Å². The predicted molar refractivity (Wildman–Crippen MR) is 88.1 cm³/mol. The summed E-state index contributed by atoms with van der Waals surface area (Å²) in [7, 11) is 3.76. The van der Waals surface area contributed by atoms with Gasteiger partial charge in [0.15, 0.2) is 0 Å². The highest BCUT2D eigenvalue weighted by molar-refractivity contribution is 5.41. The number of ether oxygens (including phenoxy) is 1. The van der Waals surface area contributed by atoms with E-state index in [1.807, 2.05) is 12.1 Å². The molecule has 0 aliphatic rings. The van der Waals surface area contributed by atoms with Gasteiger partial charge in [-0.25, -0.2) is 0 Å². The fraction of sp³-hybridized carbons (Fsp3) is 0.647. The number of hydrogen-bond donors (Lipinski definition) is 2. The summed E-state index contributed by atoms with van der Waals surface area (Å²) >= 11 is 0. The van der Waals surface area contributed by atoms with Crippen molar-refractivity contribution in [2.45, 2.75) is 45.7 Å². The first kappa shape index (κ1) is 17.8. The van der Waals surface area contributed by atoms with E-state index in [1.54, 1.807) is 13.2 Å². The molecular formula is C17H30N2O2. The molecule has 0 saturated heterocycles. The van der Waals surface area contributed by atoms with Crippen molar-refractivity contribution in [3.05, 3.63) is 23.8 Å². The van der Waals surface area contributed by atoms with Crippen LogP contribution in [-0.2, 0) is 0 Å². The monoisotopic (exact) mass is 294 g/mol. The first-order valence-electron chi connectivity index (χ1n) is 7.76. The zero-order valence-corrected chi connectivity index (χ0v) is 14.0. The number of nitrogens with zero attached hydrogens (tertiary/aromatic N) is 1. The van der Waals surface area contributed by atoms with Gasteiger partial charge in [-0.3, -0.25) is 0 Å². The molecule has 0 radical (unpaired) electrons. The molecule has 4 heteroatoms. The van der Waals surface area contributed by atoms with Crippen LogP contribution in [0.5, 0.6) is 11.5 Å². The van der Waals surface area contributed by atoms with E-state index in [-0.39, 0.29) is 11.8 Å². The number of unbranched alkanes of at least 4 members (excludes halogenated alkanes) is 1. The van der Waals surface area contributed by atoms with Crippen LogP contribution in [0.25, 0.3) is 0 Å². The van der Waals surface area contributed by atoms with E-state index < -0.39 is 0 Å². The molecule has 0 aliphatic heterocycles. The Kier molecular flexibility index (Phi) is 7.54. The molecule has 0 amide bonds. The summed E-state index contributed by atoms with van der Waals surface area (Å²) in [5.74, 6) is 0.967. The van der Waals surface area contributed by atoms with Crippen molar-refractivity contribution in [3.8, 4) is 11.5 Å². The number of phenols is 1. The number of aromatic hydroxyl groups is 1. The molecule has 4 nitrogen and oxygen atoms in total. The van der Waals surface area contributed by atoms with Crippen molar-refractivity contribution in [1.82, 2.24) is 10.2 Å². The summed E-state index contributed by atoms with van der Waals surface area (Å²) in [5.41, 5.74) is 0.912. The largest absolute Gasteiger partial charge is 0.507 e. The minimum Gasteiger partial charge on any atom is -0.507 e. The summed E-state index contributed by atoms with van der Waals surface area (Å²) < 4.78 is 5.10. The van der Waals surface area contributed by atoms with Gasteiger partial charge in [0.25, 0.3) is 0 Å². The molecule has 1 unspecified atom stereocenters. The van der Waals surface area contributed by atoms with Gasteiger partial charge >= 0.3 is 0 Å². The highest BCUT2D eigenvalue weighted by Crippen LogP contribution is 2.28. The first-order chi connectivity index (χ1) is 9.95. The summed E-state index contributed by atoms with van der Waals surface area (Å²) in [6.45, 7) is 8.58. The average Bonchev–Trinajstić information content (AvgIpc) is 2.45. The van der Waals surface area contributed by atoms with Crippen molar-refractivity contribution < 1.29 is 9.84 Å². The molecule has 1 aromatic rings. The van der Waals surface area contributed by atoms with Gasteiger partial charge in [0.2, 0.25) is 0 Å². The van der Waals surface area contributed by atoms with Gasteiger partial charge in [0.05, 0.1) is 7.11 Å². The lowest BCUT2D eigenvalue weighted by atomic mass is 10.1. The van der Waals surface area contributed by atoms with Crippen molar-refractivity contribution in [1.29, 1.82) is 0 Å². The zero-order chi connectivity index (χ0) is 15.8. The standard InChI is InChI=1S/C17H30N2O2/c1-13(2)19(4)11-7-6-10-18-14(3)16-9-8-15(21-5)12-17(16)20/h8-9,12-14,18,20H,6-7,10-11H2,1-5H3. The minimum absolute atomic E-state index is 0.138. The fourth-order valence-corrected chi connectivity index (χ4v) is 2.19. The maximum absolute atomic E-state index is 10.0. The Morgan fingerprint density at radius 2 is 1.95 bits per heavy atom. The van der Waals surface area contributed by atoms with Crippen LogP contribution in [0.4, 0.5) is 0 Å². The molecule has 0 heterocycles. The van der Waals surface area contributed by atoms with E-state index in [4.69, 9.17) is 4.74 Å². The van der Waals surface area contributed by atoms with E-state index >= 15 is 0 Å². The molecule has 0 spiro atoms. The highest BCUT2D eigenvalue weighted by atomic mass is 16.5. The Bertz CT molecular complexity index is 421. The van der Waals surface area contributed by atoms with Crippen molar-refractivity contribution >= 4 is 0 Å². The maximum atomic E-state index is 10.0. The molecule has 1 aromatic carbocycles. The van der Waals surface area contributed by atoms with Crippen molar-refractivity contribution in [2.24, 2.45) is 0 Å². The Balaban J connectivity index is 2.32. The average molecular weight is 294 g/mol. The molecular weight excluding hydrogens is 264 g/mol. The van der Waals surface area contributed by atoms with Gasteiger partial charge in [-0.2, -0.15) is 0 Å². The predicted octanol–water partition coefficient (Wildman–Crippen LogP) is 3.17. The summed E-state index contributed by atoms with van der Waals surface area (Å²) in [6.07, 6.45) is 2.32. The second kappa shape index (κ2) is 8.90. The topological polar surface area (TPSA) is 44.7 Å². The third-order valence-corrected chi connectivity index (χ3v) is 3.97. The zero-order valence-electron chi connectivity index (χ0n) is 14.0. The van der Waals surface area contributed by atoms with Gasteiger partial charge in [-0.1, -0.05) is 6.07 Å². The van der Waals surface area contributed by atoms with Crippen molar-refractivity contribution in [2.75, 3.05) is 27.2 Å². The SMILES string of the molecule is COc1ccc(C(C)NCCCCN(C)C(C)C)c(O)c1. The van der Waals surface area contributed by atoms with E-state index in [2.05, 4.69) is 38.0 Å². The third-order valence-electron chi connectivity index (χ3n) is 3.97. The van der Waals surface area contributed by atoms with E-state index in [0.29, 0.717) is 11.8 Å². The van der Waals surface area contributed by atoms with Crippen LogP contribution >= 0.6 is 0 Å². The Morgan fingerprint density at radius 1 is 1.24 bits per heavy atom. The second-order valence-electron chi connectivity index (χ2n) is 5.88. The Labute approximate surface area is 129 Å². The van der Waals surface area contributed by atoms with Gasteiger partial charge in [0.1, 0.15) is 11.5 Å². The Hall–Kier alpha value is -1.26. The molecule has 21 heavy (non-hydrogen) atoms. The molecule has 1 atom stereocenters. The van der Waals surface area contributed by atoms with Gasteiger partial charge in [0, 0.05) is 23.7 Å². The van der Waals surface area contributed by atoms with Crippen LogP contribution in [0.2, 0.25) is 0 Å². The van der Waals surface area contributed by atoms with E-state index in [9.17, 15) is 5.11 Å². The molecule has 2 N–H and O–H groups in total. The number of benzene rings is 1. The van der Waals surface area contributed by atoms with E-state index in [0.717, 1.165) is 25.1 Å². The fourth-order valence-electron chi connectivity index (χ4n) is 2.19. The third kappa shape index (κ3) is 5.94. The van der Waals surface area contributed by atoms with Gasteiger partial charge in [-0.05, 0) is 59.8 Å². The summed E-state index contributed by atoms with van der Waals surface area (Å²) in [4.78, 5) is 2.36. The lowest BCUT2D eigenvalue weighted by molar-refractivity contribution is 0.267. The van der Waals surface area contributed by atoms with Crippen LogP contribution in [0, 0.1) is 0 Å². The number of rotatable bonds is 9. The molecule has 0 aromatic heterocycles. The summed E-state index contributed by atoms with van der Waals surface area (Å²) in [5, 5.41) is 13.5. The van der Waals surface area contributed by atoms with E-state index in [1.165, 1.54) is 6.42 Å². The van der Waals surface area contributed by atoms with Crippen LogP contribution in [-0.4, -0.2) is 43.3 Å². The molecule has 0 saturated carbocycles. The first-order valence-corrected chi connectivity index (χ1v) is 7.76. The van der Waals surface area contributed by atoms with Gasteiger partial charge in [-0.15, -0.1) is 0 Å². The number of nitrogens with one attached hydrogen (secondary N) is 1. The highest BCUT2D eigenvalue weighted by Gasteiger charge is 2.10. The molecule has 120 valence electrons. The summed E-state index contributed by atoms with van der Waals surface area (Å²) in [6, 6.07) is 6.20. The number of methoxy groups -OCH3 is 1. The molecule has 1 rings (SSSR count). The molecule has 0 bridgehead atoms. The lowest BCUT2D eigenvalue weighted by Gasteiger charge is -2.21. The Morgan fingerprint density at radius 3 is 2.52 bits per heavy atom. The second-order valence-corrected chi connectivity index (χ2v) is 5.88. The quantitative estimate of drug-likeness (QED) is 0.687. The van der Waals surface area contributed by atoms with Crippen molar-refractivity contribution in [3.63, 3.8) is 0 Å². The van der Waals surface area contributed by atoms with Crippen LogP contribution in [0.1, 0.15) is 45.2 Å². The van der Waals surface area contributed by atoms with Crippen LogP contribution in [0.3, 0.4) is 0 Å². The maximum Gasteiger partial charge on any atom is 0.124 e. The molecule has 0 fully saturated rings. The number of hydrogen-bond acceptors (Lipinski definition) is 4. The van der Waals surface area contributed by atoms with Gasteiger partial charge < -0.3 is 20.1 Å². The minimum atomic E-state index is 0.138. The lowest BCUT2D eigenvalue weighted by Crippen LogP contribution is -2.28. The van der Waals surface area contributed by atoms with Crippen LogP contribution in [0.15, 0.2) is 18.2 Å². The smallest absolute Gasteiger partial charge is 0.124 e.